The van der Waals surface area contributed by atoms with Crippen LogP contribution >= 0.6 is 35.6 Å². The number of halogens is 3. The van der Waals surface area contributed by atoms with E-state index in [1.54, 1.807) is 30.1 Å². The van der Waals surface area contributed by atoms with Gasteiger partial charge in [-0.1, -0.05) is 11.6 Å². The monoisotopic (exact) mass is 569 g/mol. The van der Waals surface area contributed by atoms with Gasteiger partial charge >= 0.3 is 0 Å². The Bertz CT molecular complexity index is 1040. The number of hydrogen-bond donors (Lipinski definition) is 2. The van der Waals surface area contributed by atoms with Crippen molar-refractivity contribution in [3.05, 3.63) is 71.4 Å². The molecule has 1 aromatic carbocycles. The molecule has 1 saturated heterocycles. The maximum atomic E-state index is 13.1. The SMILES string of the molecule is CN=C(NCCc1ccn(-c2ccc(F)cc2)n1)NC1CCN(c2ncccc2Cl)C1.I. The van der Waals surface area contributed by atoms with E-state index in [-0.39, 0.29) is 35.8 Å². The number of benzene rings is 1. The molecule has 170 valence electrons. The molecule has 0 aliphatic carbocycles. The molecule has 3 heterocycles. The lowest BCUT2D eigenvalue weighted by molar-refractivity contribution is 0.627. The molecule has 2 aromatic heterocycles. The zero-order valence-corrected chi connectivity index (χ0v) is 20.8. The van der Waals surface area contributed by atoms with Gasteiger partial charge in [-0.3, -0.25) is 4.99 Å². The first-order valence-electron chi connectivity index (χ1n) is 10.3. The second kappa shape index (κ2) is 11.5. The highest BCUT2D eigenvalue weighted by Crippen LogP contribution is 2.25. The Morgan fingerprint density at radius 3 is 2.81 bits per heavy atom. The summed E-state index contributed by atoms with van der Waals surface area (Å²) < 4.78 is 14.8. The fourth-order valence-corrected chi connectivity index (χ4v) is 3.85. The topological polar surface area (TPSA) is 70.4 Å². The van der Waals surface area contributed by atoms with Crippen molar-refractivity contribution in [1.82, 2.24) is 25.4 Å². The third-order valence-corrected chi connectivity index (χ3v) is 5.50. The van der Waals surface area contributed by atoms with E-state index < -0.39 is 0 Å². The second-order valence-electron chi connectivity index (χ2n) is 7.36. The number of hydrogen-bond acceptors (Lipinski definition) is 4. The Morgan fingerprint density at radius 1 is 1.25 bits per heavy atom. The molecule has 0 amide bonds. The minimum absolute atomic E-state index is 0. The summed E-state index contributed by atoms with van der Waals surface area (Å²) in [6.07, 6.45) is 5.37. The van der Waals surface area contributed by atoms with Crippen LogP contribution in [0.3, 0.4) is 0 Å². The largest absolute Gasteiger partial charge is 0.356 e. The number of anilines is 1. The van der Waals surface area contributed by atoms with Gasteiger partial charge in [-0.15, -0.1) is 24.0 Å². The van der Waals surface area contributed by atoms with Crippen molar-refractivity contribution < 1.29 is 4.39 Å². The summed E-state index contributed by atoms with van der Waals surface area (Å²) in [4.78, 5) is 10.9. The lowest BCUT2D eigenvalue weighted by Gasteiger charge is -2.20. The summed E-state index contributed by atoms with van der Waals surface area (Å²) in [6, 6.07) is 12.2. The predicted molar refractivity (Wildman–Crippen MR) is 137 cm³/mol. The number of pyridine rings is 1. The van der Waals surface area contributed by atoms with E-state index >= 15 is 0 Å². The predicted octanol–water partition coefficient (Wildman–Crippen LogP) is 3.66. The molecule has 1 unspecified atom stereocenters. The molecule has 10 heteroatoms. The molecule has 0 saturated carbocycles. The fourth-order valence-electron chi connectivity index (χ4n) is 3.61. The summed E-state index contributed by atoms with van der Waals surface area (Å²) >= 11 is 6.27. The van der Waals surface area contributed by atoms with Crippen LogP contribution in [0.15, 0.2) is 59.9 Å². The molecule has 7 nitrogen and oxygen atoms in total. The molecule has 1 aliphatic heterocycles. The van der Waals surface area contributed by atoms with Crippen LogP contribution in [-0.2, 0) is 6.42 Å². The second-order valence-corrected chi connectivity index (χ2v) is 7.77. The molecule has 3 aromatic rings. The van der Waals surface area contributed by atoms with Crippen molar-refractivity contribution in [3.63, 3.8) is 0 Å². The Balaban J connectivity index is 0.00000289. The van der Waals surface area contributed by atoms with Crippen molar-refractivity contribution >= 4 is 47.4 Å². The molecule has 32 heavy (non-hydrogen) atoms. The highest BCUT2D eigenvalue weighted by Gasteiger charge is 2.25. The molecular formula is C22H26ClFIN7. The smallest absolute Gasteiger partial charge is 0.191 e. The van der Waals surface area contributed by atoms with Crippen molar-refractivity contribution in [2.75, 3.05) is 31.6 Å². The first-order valence-corrected chi connectivity index (χ1v) is 10.6. The summed E-state index contributed by atoms with van der Waals surface area (Å²) in [7, 11) is 1.76. The van der Waals surface area contributed by atoms with Crippen molar-refractivity contribution in [1.29, 1.82) is 0 Å². The first-order chi connectivity index (χ1) is 15.1. The van der Waals surface area contributed by atoms with Crippen molar-refractivity contribution in [2.45, 2.75) is 18.9 Å². The van der Waals surface area contributed by atoms with Crippen LogP contribution in [0.2, 0.25) is 5.02 Å². The van der Waals surface area contributed by atoms with Gasteiger partial charge in [-0.05, 0) is 48.9 Å². The number of guanidine groups is 1. The molecule has 4 rings (SSSR count). The van der Waals surface area contributed by atoms with E-state index in [1.165, 1.54) is 12.1 Å². The van der Waals surface area contributed by atoms with Gasteiger partial charge in [0.2, 0.25) is 0 Å². The normalized spacial score (nSPS) is 16.0. The van der Waals surface area contributed by atoms with Crippen molar-refractivity contribution in [2.24, 2.45) is 4.99 Å². The van der Waals surface area contributed by atoms with E-state index in [2.05, 4.69) is 30.6 Å². The average Bonchev–Trinajstić information content (AvgIpc) is 3.44. The number of nitrogens with zero attached hydrogens (tertiary/aromatic N) is 5. The van der Waals surface area contributed by atoms with Gasteiger partial charge < -0.3 is 15.5 Å². The van der Waals surface area contributed by atoms with Gasteiger partial charge in [0, 0.05) is 51.5 Å². The van der Waals surface area contributed by atoms with E-state index in [9.17, 15) is 4.39 Å². The number of aromatic nitrogens is 3. The van der Waals surface area contributed by atoms with Gasteiger partial charge in [0.05, 0.1) is 16.4 Å². The molecule has 0 radical (unpaired) electrons. The van der Waals surface area contributed by atoms with Crippen LogP contribution in [0, 0.1) is 5.82 Å². The highest BCUT2D eigenvalue weighted by molar-refractivity contribution is 14.0. The first kappa shape index (κ1) is 24.2. The maximum Gasteiger partial charge on any atom is 0.191 e. The Hall–Kier alpha value is -2.40. The fraction of sp³-hybridized carbons (Fsp3) is 0.318. The van der Waals surface area contributed by atoms with Crippen LogP contribution in [0.25, 0.3) is 5.69 Å². The molecule has 1 atom stereocenters. The van der Waals surface area contributed by atoms with Crippen LogP contribution in [-0.4, -0.2) is 53.4 Å². The van der Waals surface area contributed by atoms with Gasteiger partial charge in [0.15, 0.2) is 5.96 Å². The lowest BCUT2D eigenvalue weighted by atomic mass is 10.3. The minimum Gasteiger partial charge on any atom is -0.356 e. The van der Waals surface area contributed by atoms with E-state index in [0.29, 0.717) is 11.6 Å². The Labute approximate surface area is 209 Å². The van der Waals surface area contributed by atoms with Gasteiger partial charge in [-0.2, -0.15) is 5.10 Å². The zero-order valence-electron chi connectivity index (χ0n) is 17.7. The average molecular weight is 570 g/mol. The Morgan fingerprint density at radius 2 is 2.06 bits per heavy atom. The highest BCUT2D eigenvalue weighted by atomic mass is 127. The third-order valence-electron chi connectivity index (χ3n) is 5.20. The molecule has 0 spiro atoms. The number of rotatable bonds is 6. The number of nitrogens with one attached hydrogen (secondary N) is 2. The zero-order chi connectivity index (χ0) is 21.6. The third kappa shape index (κ3) is 6.10. The quantitative estimate of drug-likeness (QED) is 0.269. The van der Waals surface area contributed by atoms with Gasteiger partial charge in [0.1, 0.15) is 11.6 Å². The van der Waals surface area contributed by atoms with Gasteiger partial charge in [0.25, 0.3) is 0 Å². The molecule has 1 aliphatic rings. The minimum atomic E-state index is -0.257. The van der Waals surface area contributed by atoms with Crippen molar-refractivity contribution in [3.8, 4) is 5.69 Å². The van der Waals surface area contributed by atoms with E-state index in [0.717, 1.165) is 49.1 Å². The van der Waals surface area contributed by atoms with E-state index in [1.807, 2.05) is 24.4 Å². The van der Waals surface area contributed by atoms with Crippen LogP contribution in [0.1, 0.15) is 12.1 Å². The van der Waals surface area contributed by atoms with Crippen LogP contribution in [0.4, 0.5) is 10.2 Å². The summed E-state index contributed by atoms with van der Waals surface area (Å²) in [5.74, 6) is 1.33. The lowest BCUT2D eigenvalue weighted by Crippen LogP contribution is -2.45. The van der Waals surface area contributed by atoms with Crippen LogP contribution < -0.4 is 15.5 Å². The molecule has 2 N–H and O–H groups in total. The molecular weight excluding hydrogens is 544 g/mol. The standard InChI is InChI=1S/C22H25ClFN7.HI/c1-25-22(28-18-9-13-30(15-18)21-20(23)3-2-11-26-21)27-12-8-17-10-14-31(29-17)19-6-4-16(24)5-7-19;/h2-7,10-11,14,18H,8-9,12-13,15H2,1H3,(H2,25,27,28);1H. The Kier molecular flexibility index (Phi) is 8.68. The summed E-state index contributed by atoms with van der Waals surface area (Å²) in [5.41, 5.74) is 1.78. The number of aliphatic imine (C=N–C) groups is 1. The summed E-state index contributed by atoms with van der Waals surface area (Å²) in [5, 5.41) is 12.0. The summed E-state index contributed by atoms with van der Waals surface area (Å²) in [6.45, 7) is 2.41. The molecule has 0 bridgehead atoms. The van der Waals surface area contributed by atoms with Gasteiger partial charge in [-0.25, -0.2) is 14.1 Å². The maximum absolute atomic E-state index is 13.1. The molecule has 1 fully saturated rings. The van der Waals surface area contributed by atoms with Crippen LogP contribution in [0.5, 0.6) is 0 Å². The van der Waals surface area contributed by atoms with E-state index in [4.69, 9.17) is 11.6 Å².